The molecule has 0 amide bonds. The minimum atomic E-state index is -0.684. The van der Waals surface area contributed by atoms with Gasteiger partial charge in [-0.1, -0.05) is 12.1 Å². The minimum absolute atomic E-state index is 0.0424. The van der Waals surface area contributed by atoms with Crippen LogP contribution in [0.15, 0.2) is 24.3 Å². The number of nitrogens with two attached hydrogens (primary N) is 1. The van der Waals surface area contributed by atoms with Crippen LogP contribution in [-0.2, 0) is 15.1 Å². The maximum absolute atomic E-state index is 13.3. The first-order valence-corrected chi connectivity index (χ1v) is 6.70. The molecule has 2 rings (SSSR count). The summed E-state index contributed by atoms with van der Waals surface area (Å²) in [6.07, 6.45) is 1.41. The van der Waals surface area contributed by atoms with E-state index in [0.717, 1.165) is 18.7 Å². The molecule has 0 spiro atoms. The highest BCUT2D eigenvalue weighted by atomic mass is 32.1. The highest BCUT2D eigenvalue weighted by Crippen LogP contribution is 2.34. The quantitative estimate of drug-likeness (QED) is 0.632. The van der Waals surface area contributed by atoms with E-state index in [4.69, 9.17) is 4.74 Å². The number of thiol groups is 1. The third kappa shape index (κ3) is 2.84. The first kappa shape index (κ1) is 13.4. The Hall–Kier alpha value is -1.07. The zero-order valence-electron chi connectivity index (χ0n) is 10.1. The summed E-state index contributed by atoms with van der Waals surface area (Å²) in [6.45, 7) is 1.74. The standard InChI is InChI=1S/C13H16FNO2S/c14-11-3-1-2-10(8-11)13(17-12(16)9-18)4-6-15-7-5-13/h1-3,8,15,18H,4-7,9H2/p+1. The maximum Gasteiger partial charge on any atom is 0.316 e. The zero-order valence-corrected chi connectivity index (χ0v) is 11.0. The Morgan fingerprint density at radius 3 is 2.78 bits per heavy atom. The molecule has 1 aromatic carbocycles. The Kier molecular flexibility index (Phi) is 4.24. The van der Waals surface area contributed by atoms with E-state index in [1.807, 2.05) is 6.07 Å². The summed E-state index contributed by atoms with van der Waals surface area (Å²) in [5.74, 6) is -0.617. The number of hydrogen-bond donors (Lipinski definition) is 2. The number of esters is 1. The van der Waals surface area contributed by atoms with Gasteiger partial charge in [0.15, 0.2) is 0 Å². The van der Waals surface area contributed by atoms with Crippen LogP contribution in [0, 0.1) is 5.82 Å². The molecule has 1 heterocycles. The van der Waals surface area contributed by atoms with Gasteiger partial charge in [-0.05, 0) is 17.7 Å². The van der Waals surface area contributed by atoms with Crippen molar-refractivity contribution >= 4 is 18.6 Å². The van der Waals surface area contributed by atoms with E-state index >= 15 is 0 Å². The molecule has 1 aromatic rings. The van der Waals surface area contributed by atoms with E-state index < -0.39 is 5.60 Å². The van der Waals surface area contributed by atoms with Crippen molar-refractivity contribution in [1.29, 1.82) is 0 Å². The van der Waals surface area contributed by atoms with Gasteiger partial charge in [0.05, 0.1) is 18.8 Å². The molecular weight excluding hydrogens is 253 g/mol. The normalized spacial score (nSPS) is 18.3. The molecule has 1 saturated heterocycles. The molecular formula is C13H17FNO2S+. The molecule has 2 N–H and O–H groups in total. The number of benzene rings is 1. The summed E-state index contributed by atoms with van der Waals surface area (Å²) >= 11 is 3.93. The third-order valence-corrected chi connectivity index (χ3v) is 3.55. The maximum atomic E-state index is 13.3. The number of ether oxygens (including phenoxy) is 1. The largest absolute Gasteiger partial charge is 0.453 e. The van der Waals surface area contributed by atoms with E-state index in [1.54, 1.807) is 6.07 Å². The van der Waals surface area contributed by atoms with Gasteiger partial charge in [0.1, 0.15) is 11.4 Å². The molecule has 98 valence electrons. The van der Waals surface area contributed by atoms with E-state index in [-0.39, 0.29) is 17.5 Å². The lowest BCUT2D eigenvalue weighted by molar-refractivity contribution is -0.668. The highest BCUT2D eigenvalue weighted by molar-refractivity contribution is 7.81. The number of quaternary nitrogens is 1. The van der Waals surface area contributed by atoms with Gasteiger partial charge in [0, 0.05) is 12.8 Å². The monoisotopic (exact) mass is 270 g/mol. The Morgan fingerprint density at radius 2 is 2.17 bits per heavy atom. The second-order valence-corrected chi connectivity index (χ2v) is 4.82. The van der Waals surface area contributed by atoms with Crippen LogP contribution in [0.2, 0.25) is 0 Å². The molecule has 1 aliphatic rings. The molecule has 1 fully saturated rings. The van der Waals surface area contributed by atoms with Crippen LogP contribution in [0.4, 0.5) is 4.39 Å². The molecule has 0 saturated carbocycles. The van der Waals surface area contributed by atoms with Crippen molar-refractivity contribution in [3.63, 3.8) is 0 Å². The second kappa shape index (κ2) is 5.71. The number of hydrogen-bond acceptors (Lipinski definition) is 3. The lowest BCUT2D eigenvalue weighted by Gasteiger charge is -2.35. The van der Waals surface area contributed by atoms with Crippen molar-refractivity contribution in [3.8, 4) is 0 Å². The molecule has 18 heavy (non-hydrogen) atoms. The van der Waals surface area contributed by atoms with Gasteiger partial charge in [-0.25, -0.2) is 4.39 Å². The Balaban J connectivity index is 2.31. The molecule has 0 aromatic heterocycles. The average molecular weight is 270 g/mol. The number of carbonyl (C=O) groups excluding carboxylic acids is 1. The average Bonchev–Trinajstić information content (AvgIpc) is 2.39. The molecule has 0 unspecified atom stereocenters. The zero-order chi connectivity index (χ0) is 13.0. The minimum Gasteiger partial charge on any atom is -0.453 e. The predicted octanol–water partition coefficient (Wildman–Crippen LogP) is 0.851. The van der Waals surface area contributed by atoms with E-state index in [9.17, 15) is 9.18 Å². The molecule has 0 aliphatic carbocycles. The lowest BCUT2D eigenvalue weighted by atomic mass is 9.84. The molecule has 5 heteroatoms. The van der Waals surface area contributed by atoms with Crippen molar-refractivity contribution in [2.75, 3.05) is 18.8 Å². The van der Waals surface area contributed by atoms with Crippen molar-refractivity contribution in [2.45, 2.75) is 18.4 Å². The third-order valence-electron chi connectivity index (χ3n) is 3.29. The topological polar surface area (TPSA) is 42.9 Å². The first-order chi connectivity index (χ1) is 8.66. The van der Waals surface area contributed by atoms with Crippen molar-refractivity contribution in [3.05, 3.63) is 35.6 Å². The molecule has 0 radical (unpaired) electrons. The van der Waals surface area contributed by atoms with Crippen LogP contribution < -0.4 is 5.32 Å². The number of rotatable bonds is 3. The van der Waals surface area contributed by atoms with Crippen molar-refractivity contribution in [1.82, 2.24) is 0 Å². The molecule has 3 nitrogen and oxygen atoms in total. The fraction of sp³-hybridized carbons (Fsp3) is 0.462. The van der Waals surface area contributed by atoms with Gasteiger partial charge in [-0.2, -0.15) is 12.6 Å². The molecule has 0 atom stereocenters. The predicted molar refractivity (Wildman–Crippen MR) is 68.9 cm³/mol. The number of piperidine rings is 1. The smallest absolute Gasteiger partial charge is 0.316 e. The highest BCUT2D eigenvalue weighted by Gasteiger charge is 2.39. The summed E-state index contributed by atoms with van der Waals surface area (Å²) in [7, 11) is 0. The number of carbonyl (C=O) groups is 1. The van der Waals surface area contributed by atoms with Gasteiger partial charge < -0.3 is 10.1 Å². The summed E-state index contributed by atoms with van der Waals surface area (Å²) in [5.41, 5.74) is 0.0576. The van der Waals surface area contributed by atoms with Gasteiger partial charge in [-0.15, -0.1) is 0 Å². The fourth-order valence-electron chi connectivity index (χ4n) is 2.41. The van der Waals surface area contributed by atoms with E-state index in [1.165, 1.54) is 12.1 Å². The van der Waals surface area contributed by atoms with Gasteiger partial charge >= 0.3 is 5.97 Å². The van der Waals surface area contributed by atoms with Crippen LogP contribution in [0.5, 0.6) is 0 Å². The lowest BCUT2D eigenvalue weighted by Crippen LogP contribution is -2.87. The summed E-state index contributed by atoms with van der Waals surface area (Å²) in [4.78, 5) is 11.5. The Bertz CT molecular complexity index is 433. The number of halogens is 1. The molecule has 0 bridgehead atoms. The van der Waals surface area contributed by atoms with Gasteiger partial charge in [0.2, 0.25) is 0 Å². The van der Waals surface area contributed by atoms with Crippen LogP contribution in [0.1, 0.15) is 18.4 Å². The van der Waals surface area contributed by atoms with E-state index in [2.05, 4.69) is 17.9 Å². The Morgan fingerprint density at radius 1 is 1.44 bits per heavy atom. The van der Waals surface area contributed by atoms with Crippen LogP contribution in [0.3, 0.4) is 0 Å². The second-order valence-electron chi connectivity index (χ2n) is 4.50. The molecule has 1 aliphatic heterocycles. The van der Waals surface area contributed by atoms with Gasteiger partial charge in [-0.3, -0.25) is 4.79 Å². The summed E-state index contributed by atoms with van der Waals surface area (Å²) < 4.78 is 18.9. The fourth-order valence-corrected chi connectivity index (χ4v) is 2.48. The van der Waals surface area contributed by atoms with Crippen molar-refractivity contribution in [2.24, 2.45) is 0 Å². The Labute approximate surface area is 111 Å². The first-order valence-electron chi connectivity index (χ1n) is 6.07. The van der Waals surface area contributed by atoms with Crippen LogP contribution in [0.25, 0.3) is 0 Å². The SMILES string of the molecule is O=C(CS)OC1(c2cccc(F)c2)CC[NH2+]CC1. The van der Waals surface area contributed by atoms with Crippen LogP contribution in [-0.4, -0.2) is 24.8 Å². The van der Waals surface area contributed by atoms with Gasteiger partial charge in [0.25, 0.3) is 0 Å². The van der Waals surface area contributed by atoms with Crippen LogP contribution >= 0.6 is 12.6 Å². The van der Waals surface area contributed by atoms with E-state index in [0.29, 0.717) is 12.8 Å². The summed E-state index contributed by atoms with van der Waals surface area (Å²) in [5, 5.41) is 2.17. The van der Waals surface area contributed by atoms with Crippen molar-refractivity contribution < 1.29 is 19.2 Å². The summed E-state index contributed by atoms with van der Waals surface area (Å²) in [6, 6.07) is 6.32.